The molecule has 0 atom stereocenters. The van der Waals surface area contributed by atoms with Crippen molar-refractivity contribution in [3.8, 4) is 5.75 Å². The molecule has 3 rings (SSSR count). The summed E-state index contributed by atoms with van der Waals surface area (Å²) in [5.74, 6) is 0.411. The molecule has 0 radical (unpaired) electrons. The van der Waals surface area contributed by atoms with Crippen molar-refractivity contribution in [3.63, 3.8) is 0 Å². The van der Waals surface area contributed by atoms with E-state index >= 15 is 0 Å². The number of halogens is 1. The van der Waals surface area contributed by atoms with Crippen LogP contribution in [0.3, 0.4) is 0 Å². The van der Waals surface area contributed by atoms with Gasteiger partial charge in [-0.2, -0.15) is 0 Å². The van der Waals surface area contributed by atoms with Gasteiger partial charge in [-0.05, 0) is 42.8 Å². The number of hydrogen-bond donors (Lipinski definition) is 2. The predicted octanol–water partition coefficient (Wildman–Crippen LogP) is 3.71. The van der Waals surface area contributed by atoms with Crippen LogP contribution in [-0.2, 0) is 0 Å². The molecule has 1 amide bonds. The van der Waals surface area contributed by atoms with Crippen molar-refractivity contribution >= 4 is 28.9 Å². The smallest absolute Gasteiger partial charge is 0.259 e. The molecule has 2 aromatic rings. The average molecular weight is 303 g/mol. The second-order valence-electron chi connectivity index (χ2n) is 4.87. The Morgan fingerprint density at radius 3 is 3.00 bits per heavy atom. The fourth-order valence-electron chi connectivity index (χ4n) is 2.31. The molecular weight excluding hydrogens is 288 g/mol. The SMILES string of the molecule is Cc1cc(Cl)ccc1NC(=O)c1cccc2c1OCCN2. The summed E-state index contributed by atoms with van der Waals surface area (Å²) < 4.78 is 5.62. The molecule has 2 N–H and O–H groups in total. The number of para-hydroxylation sites is 1. The first-order valence-corrected chi connectivity index (χ1v) is 7.10. The van der Waals surface area contributed by atoms with Gasteiger partial charge in [0.1, 0.15) is 6.61 Å². The molecule has 1 aliphatic heterocycles. The van der Waals surface area contributed by atoms with Gasteiger partial charge in [0.25, 0.3) is 5.91 Å². The third-order valence-electron chi connectivity index (χ3n) is 3.36. The van der Waals surface area contributed by atoms with E-state index in [-0.39, 0.29) is 5.91 Å². The minimum atomic E-state index is -0.194. The second-order valence-corrected chi connectivity index (χ2v) is 5.31. The number of carbonyl (C=O) groups excluding carboxylic acids is 1. The lowest BCUT2D eigenvalue weighted by Gasteiger charge is -2.21. The monoisotopic (exact) mass is 302 g/mol. The van der Waals surface area contributed by atoms with E-state index in [1.54, 1.807) is 18.2 Å². The summed E-state index contributed by atoms with van der Waals surface area (Å²) in [6.45, 7) is 3.20. The van der Waals surface area contributed by atoms with Gasteiger partial charge in [0, 0.05) is 17.3 Å². The van der Waals surface area contributed by atoms with E-state index in [9.17, 15) is 4.79 Å². The lowest BCUT2D eigenvalue weighted by molar-refractivity contribution is 0.102. The topological polar surface area (TPSA) is 50.4 Å². The number of hydrogen-bond acceptors (Lipinski definition) is 3. The largest absolute Gasteiger partial charge is 0.489 e. The minimum Gasteiger partial charge on any atom is -0.489 e. The predicted molar refractivity (Wildman–Crippen MR) is 84.6 cm³/mol. The van der Waals surface area contributed by atoms with Crippen molar-refractivity contribution in [1.82, 2.24) is 0 Å². The Hall–Kier alpha value is -2.20. The molecule has 0 aliphatic carbocycles. The van der Waals surface area contributed by atoms with Gasteiger partial charge in [-0.15, -0.1) is 0 Å². The van der Waals surface area contributed by atoms with Crippen LogP contribution in [-0.4, -0.2) is 19.1 Å². The van der Waals surface area contributed by atoms with E-state index in [4.69, 9.17) is 16.3 Å². The van der Waals surface area contributed by atoms with Crippen LogP contribution < -0.4 is 15.4 Å². The summed E-state index contributed by atoms with van der Waals surface area (Å²) in [7, 11) is 0. The number of carbonyl (C=O) groups is 1. The van der Waals surface area contributed by atoms with E-state index in [2.05, 4.69) is 10.6 Å². The minimum absolute atomic E-state index is 0.194. The van der Waals surface area contributed by atoms with Gasteiger partial charge < -0.3 is 15.4 Å². The Kier molecular flexibility index (Phi) is 3.71. The average Bonchev–Trinajstić information content (AvgIpc) is 2.49. The molecule has 0 unspecified atom stereocenters. The van der Waals surface area contributed by atoms with Crippen LogP contribution in [0.2, 0.25) is 5.02 Å². The summed E-state index contributed by atoms with van der Waals surface area (Å²) >= 11 is 5.92. The quantitative estimate of drug-likeness (QED) is 0.889. The van der Waals surface area contributed by atoms with Crippen molar-refractivity contribution in [2.75, 3.05) is 23.8 Å². The Morgan fingerprint density at radius 2 is 2.19 bits per heavy atom. The Balaban J connectivity index is 1.89. The summed E-state index contributed by atoms with van der Waals surface area (Å²) in [4.78, 5) is 12.5. The molecule has 0 saturated heterocycles. The highest BCUT2D eigenvalue weighted by molar-refractivity contribution is 6.30. The van der Waals surface area contributed by atoms with E-state index in [1.165, 1.54) is 0 Å². The number of anilines is 2. The number of aryl methyl sites for hydroxylation is 1. The van der Waals surface area contributed by atoms with Crippen LogP contribution in [0.1, 0.15) is 15.9 Å². The van der Waals surface area contributed by atoms with Gasteiger partial charge in [0.05, 0.1) is 11.3 Å². The maximum atomic E-state index is 12.5. The number of amides is 1. The fourth-order valence-corrected chi connectivity index (χ4v) is 2.53. The van der Waals surface area contributed by atoms with E-state index in [1.807, 2.05) is 25.1 Å². The first-order chi connectivity index (χ1) is 10.1. The van der Waals surface area contributed by atoms with Crippen LogP contribution in [0.4, 0.5) is 11.4 Å². The Bertz CT molecular complexity index is 701. The van der Waals surface area contributed by atoms with E-state index < -0.39 is 0 Å². The van der Waals surface area contributed by atoms with Gasteiger partial charge in [-0.3, -0.25) is 4.79 Å². The van der Waals surface area contributed by atoms with Gasteiger partial charge in [0.15, 0.2) is 5.75 Å². The molecule has 21 heavy (non-hydrogen) atoms. The molecule has 2 aromatic carbocycles. The van der Waals surface area contributed by atoms with Crippen LogP contribution in [0.25, 0.3) is 0 Å². The first kappa shape index (κ1) is 13.8. The van der Waals surface area contributed by atoms with Crippen LogP contribution in [0.5, 0.6) is 5.75 Å². The van der Waals surface area contributed by atoms with Crippen molar-refractivity contribution < 1.29 is 9.53 Å². The van der Waals surface area contributed by atoms with E-state index in [0.717, 1.165) is 23.5 Å². The molecule has 0 saturated carbocycles. The highest BCUT2D eigenvalue weighted by atomic mass is 35.5. The van der Waals surface area contributed by atoms with Gasteiger partial charge in [-0.25, -0.2) is 0 Å². The highest BCUT2D eigenvalue weighted by Gasteiger charge is 2.19. The van der Waals surface area contributed by atoms with E-state index in [0.29, 0.717) is 22.9 Å². The molecule has 108 valence electrons. The second kappa shape index (κ2) is 5.66. The molecule has 4 nitrogen and oxygen atoms in total. The van der Waals surface area contributed by atoms with Crippen LogP contribution in [0.15, 0.2) is 36.4 Å². The van der Waals surface area contributed by atoms with Gasteiger partial charge >= 0.3 is 0 Å². The summed E-state index contributed by atoms with van der Waals surface area (Å²) in [5, 5.41) is 6.76. The van der Waals surface area contributed by atoms with Crippen molar-refractivity contribution in [2.45, 2.75) is 6.92 Å². The summed E-state index contributed by atoms with van der Waals surface area (Å²) in [6.07, 6.45) is 0. The zero-order chi connectivity index (χ0) is 14.8. The molecule has 1 heterocycles. The summed E-state index contributed by atoms with van der Waals surface area (Å²) in [5.41, 5.74) is 3.03. The molecular formula is C16H15ClN2O2. The van der Waals surface area contributed by atoms with Crippen molar-refractivity contribution in [1.29, 1.82) is 0 Å². The Morgan fingerprint density at radius 1 is 1.33 bits per heavy atom. The van der Waals surface area contributed by atoms with Crippen molar-refractivity contribution in [3.05, 3.63) is 52.5 Å². The zero-order valence-electron chi connectivity index (χ0n) is 11.6. The maximum Gasteiger partial charge on any atom is 0.259 e. The Labute approximate surface area is 128 Å². The normalized spacial score (nSPS) is 12.9. The maximum absolute atomic E-state index is 12.5. The molecule has 0 aromatic heterocycles. The number of ether oxygens (including phenoxy) is 1. The molecule has 1 aliphatic rings. The lowest BCUT2D eigenvalue weighted by atomic mass is 10.1. The lowest BCUT2D eigenvalue weighted by Crippen LogP contribution is -2.22. The fraction of sp³-hybridized carbons (Fsp3) is 0.188. The van der Waals surface area contributed by atoms with Gasteiger partial charge in [-0.1, -0.05) is 17.7 Å². The molecule has 0 bridgehead atoms. The summed E-state index contributed by atoms with van der Waals surface area (Å²) in [6, 6.07) is 10.9. The molecule has 0 fully saturated rings. The number of benzene rings is 2. The first-order valence-electron chi connectivity index (χ1n) is 6.72. The standard InChI is InChI=1S/C16H15ClN2O2/c1-10-9-11(17)5-6-13(10)19-16(20)12-3-2-4-14-15(12)21-8-7-18-14/h2-6,9,18H,7-8H2,1H3,(H,19,20). The number of fused-ring (bicyclic) bond motifs is 1. The zero-order valence-corrected chi connectivity index (χ0v) is 12.3. The van der Waals surface area contributed by atoms with Gasteiger partial charge in [0.2, 0.25) is 0 Å². The molecule has 0 spiro atoms. The highest BCUT2D eigenvalue weighted by Crippen LogP contribution is 2.32. The molecule has 5 heteroatoms. The van der Waals surface area contributed by atoms with Crippen molar-refractivity contribution in [2.24, 2.45) is 0 Å². The third kappa shape index (κ3) is 2.81. The number of nitrogens with one attached hydrogen (secondary N) is 2. The van der Waals surface area contributed by atoms with Crippen LogP contribution in [0, 0.1) is 6.92 Å². The third-order valence-corrected chi connectivity index (χ3v) is 3.60. The number of rotatable bonds is 2. The van der Waals surface area contributed by atoms with Crippen LogP contribution >= 0.6 is 11.6 Å².